The van der Waals surface area contributed by atoms with Gasteiger partial charge in [0.25, 0.3) is 0 Å². The van der Waals surface area contributed by atoms with Gasteiger partial charge in [-0.2, -0.15) is 0 Å². The lowest BCUT2D eigenvalue weighted by molar-refractivity contribution is -0.140. The zero-order valence-electron chi connectivity index (χ0n) is 16.3. The van der Waals surface area contributed by atoms with Crippen molar-refractivity contribution in [3.8, 4) is 0 Å². The third-order valence-corrected chi connectivity index (χ3v) is 6.02. The van der Waals surface area contributed by atoms with Crippen LogP contribution in [0.25, 0.3) is 0 Å². The van der Waals surface area contributed by atoms with Crippen LogP contribution in [0.1, 0.15) is 42.0 Å². The number of hydrogen-bond acceptors (Lipinski definition) is 4. The Morgan fingerprint density at radius 1 is 1.07 bits per heavy atom. The second-order valence-corrected chi connectivity index (χ2v) is 7.76. The van der Waals surface area contributed by atoms with E-state index in [0.29, 0.717) is 19.7 Å². The number of benzene rings is 2. The summed E-state index contributed by atoms with van der Waals surface area (Å²) < 4.78 is 6.16. The minimum absolute atomic E-state index is 0.00236. The van der Waals surface area contributed by atoms with Crippen LogP contribution in [0.3, 0.4) is 0 Å². The van der Waals surface area contributed by atoms with Crippen LogP contribution in [0.5, 0.6) is 0 Å². The van der Waals surface area contributed by atoms with E-state index in [1.54, 1.807) is 0 Å². The lowest BCUT2D eigenvalue weighted by Gasteiger charge is -2.39. The first-order chi connectivity index (χ1) is 14.1. The van der Waals surface area contributed by atoms with Crippen molar-refractivity contribution < 1.29 is 19.4 Å². The standard InChI is InChI=1S/C23H26N2O4/c26-21(15-24-20(14-22(27)28)17-6-2-1-3-7-17)25-12-10-23(11-13-25)19-9-5-4-8-18(19)16-29-23/h1-9,20,24H,10-16H2,(H,27,28). The largest absolute Gasteiger partial charge is 0.481 e. The van der Waals surface area contributed by atoms with Crippen molar-refractivity contribution in [2.45, 2.75) is 37.5 Å². The zero-order valence-corrected chi connectivity index (χ0v) is 16.3. The molecule has 0 radical (unpaired) electrons. The van der Waals surface area contributed by atoms with Gasteiger partial charge >= 0.3 is 5.97 Å². The summed E-state index contributed by atoms with van der Waals surface area (Å²) >= 11 is 0. The predicted molar refractivity (Wildman–Crippen MR) is 108 cm³/mol. The molecule has 2 N–H and O–H groups in total. The molecule has 1 saturated heterocycles. The summed E-state index contributed by atoms with van der Waals surface area (Å²) in [6.07, 6.45) is 1.50. The maximum atomic E-state index is 12.7. The number of carbonyl (C=O) groups is 2. The van der Waals surface area contributed by atoms with Crippen LogP contribution < -0.4 is 5.32 Å². The minimum atomic E-state index is -0.893. The Kier molecular flexibility index (Phi) is 5.65. The van der Waals surface area contributed by atoms with Gasteiger partial charge in [-0.1, -0.05) is 54.6 Å². The topological polar surface area (TPSA) is 78.9 Å². The number of amides is 1. The Morgan fingerprint density at radius 2 is 1.76 bits per heavy atom. The second-order valence-electron chi connectivity index (χ2n) is 7.76. The maximum Gasteiger partial charge on any atom is 0.305 e. The Labute approximate surface area is 170 Å². The summed E-state index contributed by atoms with van der Waals surface area (Å²) in [7, 11) is 0. The smallest absolute Gasteiger partial charge is 0.305 e. The van der Waals surface area contributed by atoms with Gasteiger partial charge in [0.1, 0.15) is 0 Å². The van der Waals surface area contributed by atoms with Crippen LogP contribution in [-0.2, 0) is 26.5 Å². The fourth-order valence-electron chi connectivity index (χ4n) is 4.41. The van der Waals surface area contributed by atoms with Gasteiger partial charge in [0.2, 0.25) is 5.91 Å². The van der Waals surface area contributed by atoms with Crippen LogP contribution >= 0.6 is 0 Å². The van der Waals surface area contributed by atoms with Gasteiger partial charge < -0.3 is 20.1 Å². The fourth-order valence-corrected chi connectivity index (χ4v) is 4.41. The Balaban J connectivity index is 1.35. The second kappa shape index (κ2) is 8.35. The van der Waals surface area contributed by atoms with Gasteiger partial charge in [-0.05, 0) is 29.5 Å². The number of fused-ring (bicyclic) bond motifs is 2. The van der Waals surface area contributed by atoms with Crippen molar-refractivity contribution in [2.75, 3.05) is 19.6 Å². The molecule has 2 aromatic carbocycles. The molecule has 2 aromatic rings. The molecular formula is C23H26N2O4. The van der Waals surface area contributed by atoms with Gasteiger partial charge in [-0.15, -0.1) is 0 Å². The number of piperidine rings is 1. The zero-order chi connectivity index (χ0) is 20.3. The molecule has 1 spiro atoms. The minimum Gasteiger partial charge on any atom is -0.481 e. The average Bonchev–Trinajstić information content (AvgIpc) is 3.10. The summed E-state index contributed by atoms with van der Waals surface area (Å²) in [5.74, 6) is -0.895. The van der Waals surface area contributed by atoms with Gasteiger partial charge in [0.05, 0.1) is 25.2 Å². The molecular weight excluding hydrogens is 368 g/mol. The van der Waals surface area contributed by atoms with E-state index in [2.05, 4.69) is 17.4 Å². The fraction of sp³-hybridized carbons (Fsp3) is 0.391. The van der Waals surface area contributed by atoms with Crippen molar-refractivity contribution in [3.05, 3.63) is 71.3 Å². The Morgan fingerprint density at radius 3 is 2.48 bits per heavy atom. The molecule has 2 aliphatic rings. The lowest BCUT2D eigenvalue weighted by atomic mass is 9.84. The van der Waals surface area contributed by atoms with Crippen LogP contribution in [0.15, 0.2) is 54.6 Å². The van der Waals surface area contributed by atoms with Crippen LogP contribution in [0.4, 0.5) is 0 Å². The number of likely N-dealkylation sites (tertiary alicyclic amines) is 1. The highest BCUT2D eigenvalue weighted by Gasteiger charge is 2.43. The molecule has 1 amide bonds. The first kappa shape index (κ1) is 19.6. The number of carboxylic acid groups (broad SMARTS) is 1. The van der Waals surface area contributed by atoms with E-state index in [0.717, 1.165) is 18.4 Å². The summed E-state index contributed by atoms with van der Waals surface area (Å²) in [5, 5.41) is 12.3. The summed E-state index contributed by atoms with van der Waals surface area (Å²) in [6.45, 7) is 2.05. The van der Waals surface area contributed by atoms with E-state index < -0.39 is 5.97 Å². The number of hydrogen-bond donors (Lipinski definition) is 2. The first-order valence-corrected chi connectivity index (χ1v) is 10.1. The molecule has 2 heterocycles. The molecule has 6 nitrogen and oxygen atoms in total. The quantitative estimate of drug-likeness (QED) is 0.788. The number of aliphatic carboxylic acids is 1. The van der Waals surface area contributed by atoms with Crippen molar-refractivity contribution in [2.24, 2.45) is 0 Å². The molecule has 6 heteroatoms. The van der Waals surface area contributed by atoms with Gasteiger partial charge in [-0.25, -0.2) is 0 Å². The van der Waals surface area contributed by atoms with E-state index in [1.807, 2.05) is 47.4 Å². The Bertz CT molecular complexity index is 875. The van der Waals surface area contributed by atoms with Crippen molar-refractivity contribution in [1.82, 2.24) is 10.2 Å². The summed E-state index contributed by atoms with van der Waals surface area (Å²) in [5.41, 5.74) is 3.11. The van der Waals surface area contributed by atoms with Crippen LogP contribution in [-0.4, -0.2) is 41.5 Å². The van der Waals surface area contributed by atoms with Crippen LogP contribution in [0.2, 0.25) is 0 Å². The number of nitrogens with zero attached hydrogens (tertiary/aromatic N) is 1. The third kappa shape index (κ3) is 4.18. The predicted octanol–water partition coefficient (Wildman–Crippen LogP) is 2.84. The van der Waals surface area contributed by atoms with Gasteiger partial charge in [-0.3, -0.25) is 9.59 Å². The summed E-state index contributed by atoms with van der Waals surface area (Å²) in [6, 6.07) is 17.3. The molecule has 1 fully saturated rings. The number of carbonyl (C=O) groups excluding carboxylic acids is 1. The van der Waals surface area contributed by atoms with E-state index in [9.17, 15) is 14.7 Å². The SMILES string of the molecule is O=C(O)CC(NCC(=O)N1CCC2(CC1)OCc1ccccc12)c1ccccc1. The average molecular weight is 394 g/mol. The lowest BCUT2D eigenvalue weighted by Crippen LogP contribution is -2.48. The van der Waals surface area contributed by atoms with E-state index >= 15 is 0 Å². The first-order valence-electron chi connectivity index (χ1n) is 10.1. The van der Waals surface area contributed by atoms with E-state index in [-0.39, 0.29) is 30.5 Å². The normalized spacial score (nSPS) is 18.4. The molecule has 29 heavy (non-hydrogen) atoms. The van der Waals surface area contributed by atoms with Gasteiger partial charge in [0, 0.05) is 19.1 Å². The number of ether oxygens (including phenoxy) is 1. The highest BCUT2D eigenvalue weighted by molar-refractivity contribution is 5.78. The molecule has 4 rings (SSSR count). The molecule has 0 saturated carbocycles. The highest BCUT2D eigenvalue weighted by atomic mass is 16.5. The van der Waals surface area contributed by atoms with Crippen LogP contribution in [0, 0.1) is 0 Å². The van der Waals surface area contributed by atoms with E-state index in [4.69, 9.17) is 4.74 Å². The molecule has 2 aliphatic heterocycles. The number of nitrogens with one attached hydrogen (secondary N) is 1. The number of rotatable bonds is 6. The molecule has 0 aromatic heterocycles. The van der Waals surface area contributed by atoms with E-state index in [1.165, 1.54) is 11.1 Å². The Hall–Kier alpha value is -2.70. The van der Waals surface area contributed by atoms with Crippen molar-refractivity contribution >= 4 is 11.9 Å². The molecule has 0 aliphatic carbocycles. The molecule has 1 unspecified atom stereocenters. The molecule has 152 valence electrons. The molecule has 1 atom stereocenters. The van der Waals surface area contributed by atoms with Crippen molar-refractivity contribution in [1.29, 1.82) is 0 Å². The summed E-state index contributed by atoms with van der Waals surface area (Å²) in [4.78, 5) is 25.8. The maximum absolute atomic E-state index is 12.7. The molecule has 0 bridgehead atoms. The third-order valence-electron chi connectivity index (χ3n) is 6.02. The monoisotopic (exact) mass is 394 g/mol. The van der Waals surface area contributed by atoms with Crippen molar-refractivity contribution in [3.63, 3.8) is 0 Å². The number of carboxylic acids is 1. The highest BCUT2D eigenvalue weighted by Crippen LogP contribution is 2.43. The van der Waals surface area contributed by atoms with Gasteiger partial charge in [0.15, 0.2) is 0 Å².